The van der Waals surface area contributed by atoms with Gasteiger partial charge in [-0.25, -0.2) is 0 Å². The number of hydrogen-bond donors (Lipinski definition) is 2. The van der Waals surface area contributed by atoms with Crippen LogP contribution in [0.3, 0.4) is 0 Å². The zero-order valence-electron chi connectivity index (χ0n) is 6.07. The summed E-state index contributed by atoms with van der Waals surface area (Å²) in [7, 11) is -0.894. The van der Waals surface area contributed by atoms with E-state index in [9.17, 15) is 4.79 Å². The standard InChI is InChI=1S/C5H11BO4/c1-4(3-5(7)8)10-6(2)9/h4,9H,3H2,1-2H3,(H,7,8). The second kappa shape index (κ2) is 4.30. The summed E-state index contributed by atoms with van der Waals surface area (Å²) >= 11 is 0. The van der Waals surface area contributed by atoms with Crippen LogP contribution in [0.4, 0.5) is 0 Å². The van der Waals surface area contributed by atoms with E-state index in [2.05, 4.69) is 0 Å². The smallest absolute Gasteiger partial charge is 0.451 e. The molecule has 1 unspecified atom stereocenters. The highest BCUT2D eigenvalue weighted by Gasteiger charge is 2.12. The molecule has 0 fully saturated rings. The van der Waals surface area contributed by atoms with E-state index in [-0.39, 0.29) is 6.42 Å². The Morgan fingerprint density at radius 2 is 2.30 bits per heavy atom. The summed E-state index contributed by atoms with van der Waals surface area (Å²) in [5.41, 5.74) is 0. The molecule has 2 N–H and O–H groups in total. The van der Waals surface area contributed by atoms with E-state index in [1.54, 1.807) is 6.92 Å². The molecule has 0 bridgehead atoms. The third kappa shape index (κ3) is 5.59. The maximum Gasteiger partial charge on any atom is 0.451 e. The zero-order valence-corrected chi connectivity index (χ0v) is 6.07. The van der Waals surface area contributed by atoms with Crippen molar-refractivity contribution in [2.24, 2.45) is 0 Å². The van der Waals surface area contributed by atoms with Gasteiger partial charge in [0, 0.05) is 0 Å². The van der Waals surface area contributed by atoms with Crippen LogP contribution in [-0.4, -0.2) is 29.3 Å². The molecular weight excluding hydrogens is 135 g/mol. The molecule has 0 rings (SSSR count). The van der Waals surface area contributed by atoms with Crippen molar-refractivity contribution in [3.8, 4) is 0 Å². The summed E-state index contributed by atoms with van der Waals surface area (Å²) in [4.78, 5) is 10.0. The third-order valence-electron chi connectivity index (χ3n) is 0.891. The normalized spacial score (nSPS) is 12.7. The second-order valence-corrected chi connectivity index (χ2v) is 2.14. The minimum absolute atomic E-state index is 0.0785. The maximum atomic E-state index is 10.0. The molecule has 0 aliphatic heterocycles. The van der Waals surface area contributed by atoms with Crippen molar-refractivity contribution >= 4 is 13.1 Å². The number of aliphatic carboxylic acids is 1. The summed E-state index contributed by atoms with van der Waals surface area (Å²) in [6.07, 6.45) is -0.511. The van der Waals surface area contributed by atoms with E-state index in [0.717, 1.165) is 0 Å². The molecule has 0 spiro atoms. The van der Waals surface area contributed by atoms with Gasteiger partial charge in [-0.15, -0.1) is 0 Å². The Bertz CT molecular complexity index is 114. The van der Waals surface area contributed by atoms with Gasteiger partial charge in [0.05, 0.1) is 12.5 Å². The fraction of sp³-hybridized carbons (Fsp3) is 0.800. The van der Waals surface area contributed by atoms with E-state index in [1.807, 2.05) is 0 Å². The van der Waals surface area contributed by atoms with Gasteiger partial charge in [0.15, 0.2) is 0 Å². The Labute approximate surface area is 60.0 Å². The van der Waals surface area contributed by atoms with Gasteiger partial charge in [-0.05, 0) is 13.7 Å². The van der Waals surface area contributed by atoms with Crippen LogP contribution < -0.4 is 0 Å². The van der Waals surface area contributed by atoms with Gasteiger partial charge < -0.3 is 14.8 Å². The maximum absolute atomic E-state index is 10.0. The predicted molar refractivity (Wildman–Crippen MR) is 36.6 cm³/mol. The van der Waals surface area contributed by atoms with E-state index in [0.29, 0.717) is 0 Å². The molecule has 0 aromatic heterocycles. The summed E-state index contributed by atoms with van der Waals surface area (Å²) in [6.45, 7) is 3.04. The molecule has 58 valence electrons. The van der Waals surface area contributed by atoms with E-state index >= 15 is 0 Å². The zero-order chi connectivity index (χ0) is 8.15. The lowest BCUT2D eigenvalue weighted by Gasteiger charge is -2.09. The summed E-state index contributed by atoms with van der Waals surface area (Å²) in [6, 6.07) is 0. The minimum Gasteiger partial charge on any atom is -0.481 e. The number of rotatable bonds is 4. The summed E-state index contributed by atoms with van der Waals surface area (Å²) < 4.78 is 4.74. The van der Waals surface area contributed by atoms with Gasteiger partial charge in [-0.3, -0.25) is 4.79 Å². The van der Waals surface area contributed by atoms with Crippen molar-refractivity contribution in [1.29, 1.82) is 0 Å². The van der Waals surface area contributed by atoms with Crippen molar-refractivity contribution in [1.82, 2.24) is 0 Å². The molecule has 1 atom stereocenters. The molecule has 0 aromatic rings. The Morgan fingerprint density at radius 3 is 2.60 bits per heavy atom. The fourth-order valence-electron chi connectivity index (χ4n) is 0.630. The first-order chi connectivity index (χ1) is 4.52. The minimum atomic E-state index is -0.923. The van der Waals surface area contributed by atoms with Crippen molar-refractivity contribution in [2.45, 2.75) is 26.3 Å². The first-order valence-corrected chi connectivity index (χ1v) is 3.07. The largest absolute Gasteiger partial charge is 0.481 e. The Kier molecular flexibility index (Phi) is 4.06. The van der Waals surface area contributed by atoms with Crippen molar-refractivity contribution < 1.29 is 19.6 Å². The van der Waals surface area contributed by atoms with Gasteiger partial charge in [0.2, 0.25) is 0 Å². The lowest BCUT2D eigenvalue weighted by atomic mass is 9.96. The first-order valence-electron chi connectivity index (χ1n) is 3.07. The molecule has 4 nitrogen and oxygen atoms in total. The molecule has 5 heteroatoms. The summed E-state index contributed by atoms with van der Waals surface area (Å²) in [5.74, 6) is -0.923. The number of hydrogen-bond acceptors (Lipinski definition) is 3. The molecule has 10 heavy (non-hydrogen) atoms. The molecule has 0 saturated carbocycles. The average Bonchev–Trinajstić information content (AvgIpc) is 1.58. The number of carboxylic acid groups (broad SMARTS) is 1. The third-order valence-corrected chi connectivity index (χ3v) is 0.891. The van der Waals surface area contributed by atoms with Gasteiger partial charge in [0.1, 0.15) is 0 Å². The van der Waals surface area contributed by atoms with E-state index in [1.165, 1.54) is 6.82 Å². The Morgan fingerprint density at radius 1 is 1.80 bits per heavy atom. The molecule has 0 aliphatic carbocycles. The van der Waals surface area contributed by atoms with Gasteiger partial charge in [0.25, 0.3) is 0 Å². The van der Waals surface area contributed by atoms with Crippen LogP contribution >= 0.6 is 0 Å². The lowest BCUT2D eigenvalue weighted by molar-refractivity contribution is -0.138. The summed E-state index contributed by atoms with van der Waals surface area (Å²) in [5, 5.41) is 16.9. The first kappa shape index (κ1) is 9.45. The van der Waals surface area contributed by atoms with Crippen LogP contribution in [0.2, 0.25) is 6.82 Å². The molecular formula is C5H11BO4. The fourth-order valence-corrected chi connectivity index (χ4v) is 0.630. The molecule has 0 saturated heterocycles. The Hall–Kier alpha value is -0.545. The Balaban J connectivity index is 3.43. The van der Waals surface area contributed by atoms with Gasteiger partial charge in [-0.2, -0.15) is 0 Å². The van der Waals surface area contributed by atoms with E-state index in [4.69, 9.17) is 14.8 Å². The van der Waals surface area contributed by atoms with Crippen LogP contribution in [0.5, 0.6) is 0 Å². The number of carbonyl (C=O) groups is 1. The van der Waals surface area contributed by atoms with Crippen LogP contribution in [0, 0.1) is 0 Å². The average molecular weight is 146 g/mol. The van der Waals surface area contributed by atoms with Crippen LogP contribution in [-0.2, 0) is 9.45 Å². The monoisotopic (exact) mass is 146 g/mol. The van der Waals surface area contributed by atoms with Crippen molar-refractivity contribution in [3.05, 3.63) is 0 Å². The van der Waals surface area contributed by atoms with Gasteiger partial charge >= 0.3 is 13.1 Å². The molecule has 0 radical (unpaired) electrons. The molecule has 0 aromatic carbocycles. The van der Waals surface area contributed by atoms with Crippen molar-refractivity contribution in [3.63, 3.8) is 0 Å². The second-order valence-electron chi connectivity index (χ2n) is 2.14. The van der Waals surface area contributed by atoms with Gasteiger partial charge in [-0.1, -0.05) is 0 Å². The highest BCUT2D eigenvalue weighted by Crippen LogP contribution is 1.97. The quantitative estimate of drug-likeness (QED) is 0.546. The molecule has 0 aliphatic rings. The molecule has 0 heterocycles. The lowest BCUT2D eigenvalue weighted by Crippen LogP contribution is -2.22. The number of carboxylic acids is 1. The van der Waals surface area contributed by atoms with E-state index < -0.39 is 19.2 Å². The predicted octanol–water partition coefficient (Wildman–Crippen LogP) is -0.0235. The van der Waals surface area contributed by atoms with Crippen LogP contribution in [0.15, 0.2) is 0 Å². The van der Waals surface area contributed by atoms with Crippen LogP contribution in [0.1, 0.15) is 13.3 Å². The highest BCUT2D eigenvalue weighted by molar-refractivity contribution is 6.40. The SMILES string of the molecule is CB(O)OC(C)CC(=O)O. The highest BCUT2D eigenvalue weighted by atomic mass is 16.5. The van der Waals surface area contributed by atoms with Crippen LogP contribution in [0.25, 0.3) is 0 Å². The topological polar surface area (TPSA) is 66.8 Å². The molecule has 0 amide bonds. The van der Waals surface area contributed by atoms with Crippen molar-refractivity contribution in [2.75, 3.05) is 0 Å².